The number of ether oxygens (including phenoxy) is 2. The highest BCUT2D eigenvalue weighted by molar-refractivity contribution is 6.45. The smallest absolute Gasteiger partial charge is 0.308 e. The Hall–Kier alpha value is -3.35. The normalized spacial score (nSPS) is 10.8. The third-order valence-electron chi connectivity index (χ3n) is 3.06. The molecule has 7 heteroatoms. The van der Waals surface area contributed by atoms with E-state index in [0.717, 1.165) is 0 Å². The van der Waals surface area contributed by atoms with Gasteiger partial charge in [-0.3, -0.25) is 9.59 Å². The van der Waals surface area contributed by atoms with E-state index in [9.17, 15) is 9.59 Å². The van der Waals surface area contributed by atoms with E-state index in [2.05, 4.69) is 10.5 Å². The lowest BCUT2D eigenvalue weighted by molar-refractivity contribution is -0.131. The van der Waals surface area contributed by atoms with Crippen LogP contribution in [0.1, 0.15) is 12.5 Å². The Kier molecular flexibility index (Phi) is 6.11. The van der Waals surface area contributed by atoms with Gasteiger partial charge in [-0.25, -0.2) is 0 Å². The lowest BCUT2D eigenvalue weighted by Gasteiger charge is -2.12. The molecule has 0 bridgehead atoms. The van der Waals surface area contributed by atoms with Gasteiger partial charge in [-0.2, -0.15) is 0 Å². The standard InChI is InChI=1S/C18H18N2O5/c1-12(21)24-13-7-6-8-14(11-13)25-16-10-5-4-9-15(16)17(20-23-3)18(22)19-2/h4-11H,1-3H3,(H,19,22)/b20-17-. The number of nitrogens with zero attached hydrogens (tertiary/aromatic N) is 1. The van der Waals surface area contributed by atoms with Crippen molar-refractivity contribution < 1.29 is 23.9 Å². The van der Waals surface area contributed by atoms with Crippen LogP contribution in [0.5, 0.6) is 17.2 Å². The minimum atomic E-state index is -0.424. The first kappa shape index (κ1) is 18.0. The number of carbonyl (C=O) groups is 2. The number of hydrogen-bond donors (Lipinski definition) is 1. The summed E-state index contributed by atoms with van der Waals surface area (Å²) in [5.41, 5.74) is 0.540. The lowest BCUT2D eigenvalue weighted by atomic mass is 10.1. The van der Waals surface area contributed by atoms with E-state index in [0.29, 0.717) is 22.8 Å². The Morgan fingerprint density at radius 3 is 2.44 bits per heavy atom. The van der Waals surface area contributed by atoms with E-state index in [1.807, 2.05) is 0 Å². The van der Waals surface area contributed by atoms with Gasteiger partial charge in [0.15, 0.2) is 5.71 Å². The molecule has 130 valence electrons. The minimum absolute atomic E-state index is 0.0803. The molecule has 25 heavy (non-hydrogen) atoms. The number of para-hydroxylation sites is 1. The molecule has 0 atom stereocenters. The first-order valence-electron chi connectivity index (χ1n) is 7.44. The molecule has 0 radical (unpaired) electrons. The second kappa shape index (κ2) is 8.49. The minimum Gasteiger partial charge on any atom is -0.457 e. The fourth-order valence-corrected chi connectivity index (χ4v) is 2.07. The number of benzene rings is 2. The average Bonchev–Trinajstić information content (AvgIpc) is 2.59. The van der Waals surface area contributed by atoms with Crippen LogP contribution in [0.25, 0.3) is 0 Å². The maximum Gasteiger partial charge on any atom is 0.308 e. The fourth-order valence-electron chi connectivity index (χ4n) is 2.07. The summed E-state index contributed by atoms with van der Waals surface area (Å²) >= 11 is 0. The van der Waals surface area contributed by atoms with Crippen LogP contribution >= 0.6 is 0 Å². The van der Waals surface area contributed by atoms with Gasteiger partial charge in [0.25, 0.3) is 5.91 Å². The summed E-state index contributed by atoms with van der Waals surface area (Å²) in [6.45, 7) is 1.32. The first-order valence-corrected chi connectivity index (χ1v) is 7.44. The molecule has 0 aliphatic heterocycles. The number of rotatable bonds is 6. The van der Waals surface area contributed by atoms with Crippen LogP contribution in [-0.4, -0.2) is 31.7 Å². The molecule has 2 aromatic rings. The van der Waals surface area contributed by atoms with Crippen LogP contribution in [0.2, 0.25) is 0 Å². The summed E-state index contributed by atoms with van der Waals surface area (Å²) in [6.07, 6.45) is 0. The molecule has 0 spiro atoms. The fraction of sp³-hybridized carbons (Fsp3) is 0.167. The van der Waals surface area contributed by atoms with Crippen molar-refractivity contribution in [2.45, 2.75) is 6.92 Å². The number of amides is 1. The van der Waals surface area contributed by atoms with Crippen LogP contribution < -0.4 is 14.8 Å². The molecular weight excluding hydrogens is 324 g/mol. The number of carbonyl (C=O) groups excluding carboxylic acids is 2. The van der Waals surface area contributed by atoms with Crippen molar-refractivity contribution >= 4 is 17.6 Å². The summed E-state index contributed by atoms with van der Waals surface area (Å²) in [4.78, 5) is 27.9. The molecule has 7 nitrogen and oxygen atoms in total. The van der Waals surface area contributed by atoms with E-state index in [1.54, 1.807) is 48.5 Å². The maximum atomic E-state index is 12.0. The van der Waals surface area contributed by atoms with Gasteiger partial charge in [0.2, 0.25) is 0 Å². The van der Waals surface area contributed by atoms with Crippen molar-refractivity contribution in [3.8, 4) is 17.2 Å². The summed E-state index contributed by atoms with van der Waals surface area (Å²) in [6, 6.07) is 13.5. The van der Waals surface area contributed by atoms with Gasteiger partial charge in [0.05, 0.1) is 5.56 Å². The Labute approximate surface area is 145 Å². The monoisotopic (exact) mass is 342 g/mol. The molecule has 0 heterocycles. The second-order valence-corrected chi connectivity index (χ2v) is 4.87. The van der Waals surface area contributed by atoms with Crippen molar-refractivity contribution in [1.82, 2.24) is 5.32 Å². The topological polar surface area (TPSA) is 86.2 Å². The molecule has 1 N–H and O–H groups in total. The van der Waals surface area contributed by atoms with Gasteiger partial charge in [-0.15, -0.1) is 0 Å². The highest BCUT2D eigenvalue weighted by Crippen LogP contribution is 2.28. The Bertz CT molecular complexity index is 802. The molecule has 0 fully saturated rings. The predicted molar refractivity (Wildman–Crippen MR) is 91.9 cm³/mol. The summed E-state index contributed by atoms with van der Waals surface area (Å²) < 4.78 is 10.9. The summed E-state index contributed by atoms with van der Waals surface area (Å²) in [5, 5.41) is 6.29. The molecule has 0 saturated heterocycles. The number of esters is 1. The largest absolute Gasteiger partial charge is 0.457 e. The van der Waals surface area contributed by atoms with Crippen LogP contribution in [0.3, 0.4) is 0 Å². The second-order valence-electron chi connectivity index (χ2n) is 4.87. The van der Waals surface area contributed by atoms with E-state index in [-0.39, 0.29) is 5.71 Å². The Morgan fingerprint density at radius 2 is 1.76 bits per heavy atom. The highest BCUT2D eigenvalue weighted by atomic mass is 16.6. The number of nitrogens with one attached hydrogen (secondary N) is 1. The van der Waals surface area contributed by atoms with Crippen LogP contribution in [0.4, 0.5) is 0 Å². The summed E-state index contributed by atoms with van der Waals surface area (Å²) in [5.74, 6) is 0.375. The third-order valence-corrected chi connectivity index (χ3v) is 3.06. The molecule has 2 aromatic carbocycles. The van der Waals surface area contributed by atoms with Crippen molar-refractivity contribution in [3.63, 3.8) is 0 Å². The van der Waals surface area contributed by atoms with Gasteiger partial charge in [-0.05, 0) is 24.3 Å². The Morgan fingerprint density at radius 1 is 1.04 bits per heavy atom. The molecule has 0 aliphatic carbocycles. The van der Waals surface area contributed by atoms with Crippen LogP contribution in [0.15, 0.2) is 53.7 Å². The van der Waals surface area contributed by atoms with E-state index >= 15 is 0 Å². The molecular formula is C18H18N2O5. The third kappa shape index (κ3) is 4.81. The van der Waals surface area contributed by atoms with Crippen LogP contribution in [0, 0.1) is 0 Å². The van der Waals surface area contributed by atoms with Crippen molar-refractivity contribution in [2.24, 2.45) is 5.16 Å². The highest BCUT2D eigenvalue weighted by Gasteiger charge is 2.18. The molecule has 1 amide bonds. The van der Waals surface area contributed by atoms with Gasteiger partial charge in [0, 0.05) is 20.0 Å². The zero-order valence-electron chi connectivity index (χ0n) is 14.1. The van der Waals surface area contributed by atoms with Gasteiger partial charge >= 0.3 is 5.97 Å². The quantitative estimate of drug-likeness (QED) is 0.377. The number of hydrogen-bond acceptors (Lipinski definition) is 6. The summed E-state index contributed by atoms with van der Waals surface area (Å²) in [7, 11) is 2.86. The molecule has 0 saturated carbocycles. The Balaban J connectivity index is 2.37. The number of oxime groups is 1. The van der Waals surface area contributed by atoms with Crippen LogP contribution in [-0.2, 0) is 14.4 Å². The van der Waals surface area contributed by atoms with Crippen molar-refractivity contribution in [3.05, 3.63) is 54.1 Å². The maximum absolute atomic E-state index is 12.0. The predicted octanol–water partition coefficient (Wildman–Crippen LogP) is 2.50. The molecule has 0 aliphatic rings. The zero-order chi connectivity index (χ0) is 18.2. The molecule has 2 rings (SSSR count). The van der Waals surface area contributed by atoms with E-state index in [1.165, 1.54) is 21.1 Å². The lowest BCUT2D eigenvalue weighted by Crippen LogP contribution is -2.28. The zero-order valence-corrected chi connectivity index (χ0v) is 14.1. The molecule has 0 aromatic heterocycles. The SMILES string of the molecule is CNC(=O)/C(=N\OC)c1ccccc1Oc1cccc(OC(C)=O)c1. The van der Waals surface area contributed by atoms with Gasteiger partial charge in [0.1, 0.15) is 24.4 Å². The van der Waals surface area contributed by atoms with Gasteiger partial charge in [-0.1, -0.05) is 23.4 Å². The number of likely N-dealkylation sites (N-methyl/N-ethyl adjacent to an activating group) is 1. The van der Waals surface area contributed by atoms with Gasteiger partial charge < -0.3 is 19.6 Å². The van der Waals surface area contributed by atoms with E-state index < -0.39 is 11.9 Å². The van der Waals surface area contributed by atoms with Crippen molar-refractivity contribution in [1.29, 1.82) is 0 Å². The van der Waals surface area contributed by atoms with E-state index in [4.69, 9.17) is 14.3 Å². The average molecular weight is 342 g/mol. The van der Waals surface area contributed by atoms with Crippen molar-refractivity contribution in [2.75, 3.05) is 14.2 Å². The first-order chi connectivity index (χ1) is 12.0. The molecule has 0 unspecified atom stereocenters.